The summed E-state index contributed by atoms with van der Waals surface area (Å²) in [5.41, 5.74) is 0. The van der Waals surface area contributed by atoms with Gasteiger partial charge in [-0.25, -0.2) is 0 Å². The van der Waals surface area contributed by atoms with E-state index in [-0.39, 0.29) is 6.04 Å². The monoisotopic (exact) mass is 181 g/mol. The van der Waals surface area contributed by atoms with Gasteiger partial charge < -0.3 is 5.11 Å². The molecule has 4 aliphatic rings. The Bertz CT molecular complexity index is 243. The van der Waals surface area contributed by atoms with E-state index in [1.807, 2.05) is 0 Å². The fourth-order valence-electron chi connectivity index (χ4n) is 3.00. The van der Waals surface area contributed by atoms with E-state index in [2.05, 4.69) is 4.90 Å². The molecule has 3 heteroatoms. The second kappa shape index (κ2) is 2.47. The van der Waals surface area contributed by atoms with Crippen LogP contribution in [0.4, 0.5) is 0 Å². The number of aliphatic carboxylic acids is 1. The highest BCUT2D eigenvalue weighted by Gasteiger charge is 2.51. The first-order valence-electron chi connectivity index (χ1n) is 5.24. The number of hydrogen-bond acceptors (Lipinski definition) is 2. The van der Waals surface area contributed by atoms with E-state index in [0.717, 1.165) is 12.5 Å². The van der Waals surface area contributed by atoms with Gasteiger partial charge in [-0.05, 0) is 37.5 Å². The normalized spacial score (nSPS) is 44.2. The Balaban J connectivity index is 1.80. The highest BCUT2D eigenvalue weighted by atomic mass is 16.4. The number of piperidine rings is 2. The molecule has 2 heterocycles. The minimum absolute atomic E-state index is 0.141. The lowest BCUT2D eigenvalue weighted by atomic mass is 9.66. The summed E-state index contributed by atoms with van der Waals surface area (Å²) in [5, 5.41) is 9.14. The molecule has 1 atom stereocenters. The number of carboxylic acids is 1. The van der Waals surface area contributed by atoms with Crippen LogP contribution in [-0.4, -0.2) is 34.6 Å². The molecule has 2 saturated carbocycles. The minimum Gasteiger partial charge on any atom is -0.480 e. The van der Waals surface area contributed by atoms with Crippen molar-refractivity contribution in [1.82, 2.24) is 4.90 Å². The molecule has 2 aliphatic carbocycles. The summed E-state index contributed by atoms with van der Waals surface area (Å²) in [6, 6.07) is 0.476. The van der Waals surface area contributed by atoms with Gasteiger partial charge in [-0.2, -0.15) is 0 Å². The number of fused-ring (bicyclic) bond motifs is 2. The maximum absolute atomic E-state index is 11.1. The average Bonchev–Trinajstić information content (AvgIpc) is 2.83. The zero-order chi connectivity index (χ0) is 9.00. The van der Waals surface area contributed by atoms with Gasteiger partial charge >= 0.3 is 5.97 Å². The summed E-state index contributed by atoms with van der Waals surface area (Å²) in [6.07, 6.45) is 4.78. The van der Waals surface area contributed by atoms with E-state index in [1.165, 1.54) is 25.7 Å². The van der Waals surface area contributed by atoms with Gasteiger partial charge in [-0.1, -0.05) is 0 Å². The Hall–Kier alpha value is -0.570. The number of nitrogens with zero attached hydrogens (tertiary/aromatic N) is 1. The molecule has 3 nitrogen and oxygen atoms in total. The Morgan fingerprint density at radius 3 is 2.54 bits per heavy atom. The maximum Gasteiger partial charge on any atom is 0.321 e. The van der Waals surface area contributed by atoms with Gasteiger partial charge in [-0.15, -0.1) is 0 Å². The molecule has 2 aliphatic heterocycles. The molecule has 1 unspecified atom stereocenters. The van der Waals surface area contributed by atoms with Crippen molar-refractivity contribution in [3.05, 3.63) is 0 Å². The number of rotatable bonds is 2. The Labute approximate surface area is 77.7 Å². The largest absolute Gasteiger partial charge is 0.480 e. The first-order valence-corrected chi connectivity index (χ1v) is 5.24. The molecule has 13 heavy (non-hydrogen) atoms. The minimum atomic E-state index is -0.588. The topological polar surface area (TPSA) is 40.5 Å². The highest BCUT2D eigenvalue weighted by molar-refractivity contribution is 5.74. The third-order valence-electron chi connectivity index (χ3n) is 3.81. The van der Waals surface area contributed by atoms with Gasteiger partial charge in [0, 0.05) is 12.6 Å². The lowest BCUT2D eigenvalue weighted by Crippen LogP contribution is -2.59. The molecule has 0 amide bonds. The van der Waals surface area contributed by atoms with Crippen LogP contribution in [-0.2, 0) is 4.79 Å². The first-order chi connectivity index (χ1) is 6.25. The zero-order valence-electron chi connectivity index (χ0n) is 7.65. The third-order valence-corrected chi connectivity index (χ3v) is 3.81. The van der Waals surface area contributed by atoms with Gasteiger partial charge in [0.1, 0.15) is 6.04 Å². The van der Waals surface area contributed by atoms with Crippen molar-refractivity contribution in [2.45, 2.75) is 37.8 Å². The van der Waals surface area contributed by atoms with Crippen molar-refractivity contribution in [1.29, 1.82) is 0 Å². The predicted molar refractivity (Wildman–Crippen MR) is 47.4 cm³/mol. The predicted octanol–water partition coefficient (Wildman–Crippen LogP) is 0.944. The van der Waals surface area contributed by atoms with E-state index in [9.17, 15) is 4.79 Å². The van der Waals surface area contributed by atoms with Crippen LogP contribution in [0.15, 0.2) is 0 Å². The summed E-state index contributed by atoms with van der Waals surface area (Å²) >= 11 is 0. The number of carbonyl (C=O) groups is 1. The van der Waals surface area contributed by atoms with Crippen molar-refractivity contribution in [3.8, 4) is 0 Å². The van der Waals surface area contributed by atoms with Crippen LogP contribution in [0.1, 0.15) is 25.7 Å². The molecular weight excluding hydrogens is 166 g/mol. The lowest BCUT2D eigenvalue weighted by molar-refractivity contribution is -0.155. The van der Waals surface area contributed by atoms with Crippen LogP contribution in [0.5, 0.6) is 0 Å². The summed E-state index contributed by atoms with van der Waals surface area (Å²) in [7, 11) is 0. The quantitative estimate of drug-likeness (QED) is 0.689. The lowest BCUT2D eigenvalue weighted by Gasteiger charge is -2.51. The van der Waals surface area contributed by atoms with E-state index < -0.39 is 5.97 Å². The van der Waals surface area contributed by atoms with Gasteiger partial charge in [0.25, 0.3) is 0 Å². The molecule has 2 bridgehead atoms. The van der Waals surface area contributed by atoms with E-state index in [1.54, 1.807) is 0 Å². The molecule has 72 valence electrons. The van der Waals surface area contributed by atoms with Gasteiger partial charge in [0.05, 0.1) is 0 Å². The number of carboxylic acid groups (broad SMARTS) is 1. The Morgan fingerprint density at radius 2 is 2.00 bits per heavy atom. The molecule has 1 N–H and O–H groups in total. The van der Waals surface area contributed by atoms with Crippen molar-refractivity contribution in [2.75, 3.05) is 6.54 Å². The van der Waals surface area contributed by atoms with Gasteiger partial charge in [0.15, 0.2) is 0 Å². The molecule has 0 spiro atoms. The van der Waals surface area contributed by atoms with Crippen molar-refractivity contribution < 1.29 is 9.90 Å². The van der Waals surface area contributed by atoms with E-state index >= 15 is 0 Å². The molecule has 0 aromatic rings. The SMILES string of the molecule is O=C(O)C1C2CC(C2)CN1C1CC1. The van der Waals surface area contributed by atoms with Gasteiger partial charge in [-0.3, -0.25) is 9.69 Å². The molecule has 0 aromatic heterocycles. The molecule has 0 aromatic carbocycles. The third kappa shape index (κ3) is 1.10. The summed E-state index contributed by atoms with van der Waals surface area (Å²) < 4.78 is 0. The smallest absolute Gasteiger partial charge is 0.321 e. The fourth-order valence-corrected chi connectivity index (χ4v) is 3.00. The molecule has 0 radical (unpaired) electrons. The standard InChI is InChI=1S/C10H15NO2/c12-10(13)9-7-3-6(4-7)5-11(9)8-1-2-8/h6-9H,1-5H2,(H,12,13). The molecule has 4 fully saturated rings. The van der Waals surface area contributed by atoms with E-state index in [4.69, 9.17) is 5.11 Å². The molecule has 2 saturated heterocycles. The van der Waals surface area contributed by atoms with Crippen molar-refractivity contribution in [2.24, 2.45) is 11.8 Å². The Morgan fingerprint density at radius 1 is 1.31 bits per heavy atom. The van der Waals surface area contributed by atoms with Crippen LogP contribution >= 0.6 is 0 Å². The van der Waals surface area contributed by atoms with Crippen LogP contribution in [0.2, 0.25) is 0 Å². The summed E-state index contributed by atoms with van der Waals surface area (Å²) in [4.78, 5) is 13.3. The first kappa shape index (κ1) is 7.80. The maximum atomic E-state index is 11.1. The second-order valence-electron chi connectivity index (χ2n) is 4.81. The summed E-state index contributed by atoms with van der Waals surface area (Å²) in [6.45, 7) is 1.05. The highest BCUT2D eigenvalue weighted by Crippen LogP contribution is 2.47. The van der Waals surface area contributed by atoms with Gasteiger partial charge in [0.2, 0.25) is 0 Å². The summed E-state index contributed by atoms with van der Waals surface area (Å²) in [5.74, 6) is 0.702. The molecular formula is C10H15NO2. The Kier molecular flexibility index (Phi) is 1.48. The van der Waals surface area contributed by atoms with Crippen LogP contribution in [0.3, 0.4) is 0 Å². The van der Waals surface area contributed by atoms with E-state index in [0.29, 0.717) is 12.0 Å². The molecule has 4 rings (SSSR count). The van der Waals surface area contributed by atoms with Crippen LogP contribution < -0.4 is 0 Å². The fraction of sp³-hybridized carbons (Fsp3) is 0.900. The van der Waals surface area contributed by atoms with Crippen LogP contribution in [0, 0.1) is 11.8 Å². The zero-order valence-corrected chi connectivity index (χ0v) is 7.65. The van der Waals surface area contributed by atoms with Crippen LogP contribution in [0.25, 0.3) is 0 Å². The second-order valence-corrected chi connectivity index (χ2v) is 4.81. The average molecular weight is 181 g/mol. The van der Waals surface area contributed by atoms with Crippen molar-refractivity contribution in [3.63, 3.8) is 0 Å². The van der Waals surface area contributed by atoms with Crippen molar-refractivity contribution >= 4 is 5.97 Å². The number of hydrogen-bond donors (Lipinski definition) is 1.